The first-order valence-electron chi connectivity index (χ1n) is 41.8. The molecule has 2 aromatic heterocycles. The predicted molar refractivity (Wildman–Crippen MR) is 497 cm³/mol. The number of hydrogen-bond donors (Lipinski definition) is 0. The van der Waals surface area contributed by atoms with Crippen molar-refractivity contribution in [3.63, 3.8) is 0 Å². The number of hydrogen-bond acceptors (Lipinski definition) is 6. The van der Waals surface area contributed by atoms with Crippen molar-refractivity contribution in [1.29, 1.82) is 0 Å². The van der Waals surface area contributed by atoms with Gasteiger partial charge < -0.3 is 29.4 Å². The predicted octanol–water partition coefficient (Wildman–Crippen LogP) is 29.1. The minimum atomic E-state index is 0.350. The number of aromatic nitrogens is 2. The maximum Gasteiger partial charge on any atom is 0.213 e. The highest BCUT2D eigenvalue weighted by Gasteiger charge is 2.36. The molecule has 0 amide bonds. The van der Waals surface area contributed by atoms with Crippen LogP contribution in [0.3, 0.4) is 0 Å². The molecule has 0 bridgehead atoms. The number of rotatable bonds is 4. The monoisotopic (exact) mass is 1490 g/mol. The number of aryl methyl sites for hydroxylation is 7. The molecule has 4 aliphatic rings. The molecule has 9 aromatic carbocycles. The molecule has 8 heteroatoms. The fraction of sp³-hybridized carbons (Fsp3) is 0.373. The highest BCUT2D eigenvalue weighted by Crippen LogP contribution is 2.49. The molecule has 8 nitrogen and oxygen atoms in total. The molecule has 4 aliphatic heterocycles. The highest BCUT2D eigenvalue weighted by molar-refractivity contribution is 6.01. The second kappa shape index (κ2) is 55.5. The van der Waals surface area contributed by atoms with E-state index in [0.29, 0.717) is 18.5 Å². The van der Waals surface area contributed by atoms with Crippen LogP contribution in [0.2, 0.25) is 0 Å². The van der Waals surface area contributed by atoms with Gasteiger partial charge in [-0.1, -0.05) is 310 Å². The summed E-state index contributed by atoms with van der Waals surface area (Å²) < 4.78 is 4.46. The van der Waals surface area contributed by atoms with Gasteiger partial charge in [-0.05, 0) is 149 Å². The van der Waals surface area contributed by atoms with Crippen LogP contribution in [0.5, 0.6) is 0 Å². The minimum Gasteiger partial charge on any atom is -0.359 e. The van der Waals surface area contributed by atoms with Crippen molar-refractivity contribution in [3.05, 3.63) is 289 Å². The minimum absolute atomic E-state index is 0.350. The fourth-order valence-electron chi connectivity index (χ4n) is 12.7. The van der Waals surface area contributed by atoms with Crippen LogP contribution in [0, 0.1) is 34.6 Å². The van der Waals surface area contributed by atoms with Crippen LogP contribution in [0.25, 0.3) is 61.0 Å². The van der Waals surface area contributed by atoms with Gasteiger partial charge in [0, 0.05) is 102 Å². The topological polar surface area (TPSA) is 27.2 Å². The molecule has 11 aromatic rings. The lowest BCUT2D eigenvalue weighted by molar-refractivity contribution is -0.659. The maximum absolute atomic E-state index is 2.47. The van der Waals surface area contributed by atoms with E-state index in [0.717, 1.165) is 0 Å². The van der Waals surface area contributed by atoms with E-state index in [1.165, 1.54) is 123 Å². The van der Waals surface area contributed by atoms with Gasteiger partial charge in [-0.15, -0.1) is 0 Å². The molecule has 596 valence electrons. The van der Waals surface area contributed by atoms with Crippen LogP contribution in [-0.4, -0.2) is 49.4 Å². The number of para-hydroxylation sites is 6. The van der Waals surface area contributed by atoms with E-state index in [1.54, 1.807) is 0 Å². The van der Waals surface area contributed by atoms with Crippen molar-refractivity contribution < 1.29 is 9.13 Å². The van der Waals surface area contributed by atoms with E-state index in [2.05, 4.69) is 384 Å². The molecule has 0 spiro atoms. The molecule has 0 unspecified atom stereocenters. The first kappa shape index (κ1) is 100. The Morgan fingerprint density at radius 1 is 0.291 bits per heavy atom. The first-order valence-corrected chi connectivity index (χ1v) is 41.8. The Morgan fingerprint density at radius 3 is 1.19 bits per heavy atom. The van der Waals surface area contributed by atoms with E-state index in [-0.39, 0.29) is 0 Å². The second-order valence-electron chi connectivity index (χ2n) is 23.7. The number of benzene rings is 9. The van der Waals surface area contributed by atoms with E-state index >= 15 is 0 Å². The number of pyridine rings is 2. The zero-order valence-corrected chi connectivity index (χ0v) is 75.6. The van der Waals surface area contributed by atoms with E-state index < -0.39 is 0 Å². The van der Waals surface area contributed by atoms with Gasteiger partial charge in [0.25, 0.3) is 0 Å². The lowest BCUT2D eigenvalue weighted by Crippen LogP contribution is -2.36. The van der Waals surface area contributed by atoms with Crippen LogP contribution in [0.1, 0.15) is 206 Å². The number of fused-ring (bicyclic) bond motifs is 9. The number of anilines is 5. The summed E-state index contributed by atoms with van der Waals surface area (Å²) >= 11 is 0. The summed E-state index contributed by atoms with van der Waals surface area (Å²) in [6.07, 6.45) is 9.82. The zero-order chi connectivity index (χ0) is 83.8. The second-order valence-corrected chi connectivity index (χ2v) is 23.7. The Bertz CT molecular complexity index is 4320. The summed E-state index contributed by atoms with van der Waals surface area (Å²) in [6.45, 7) is 61.5. The molecule has 0 fully saturated rings. The largest absolute Gasteiger partial charge is 0.359 e. The molecular formula is C102H150N8+2. The van der Waals surface area contributed by atoms with Crippen molar-refractivity contribution in [2.45, 2.75) is 226 Å². The molecule has 15 rings (SSSR count). The van der Waals surface area contributed by atoms with Gasteiger partial charge >= 0.3 is 0 Å². The van der Waals surface area contributed by atoms with Gasteiger partial charge in [0.2, 0.25) is 16.9 Å². The molecule has 0 saturated carbocycles. The van der Waals surface area contributed by atoms with Gasteiger partial charge in [-0.25, -0.2) is 4.57 Å². The molecule has 3 atom stereocenters. The summed E-state index contributed by atoms with van der Waals surface area (Å²) in [6, 6.07) is 81.6. The molecule has 0 N–H and O–H groups in total. The summed E-state index contributed by atoms with van der Waals surface area (Å²) in [5, 5.41) is 3.84. The Labute approximate surface area is 674 Å². The van der Waals surface area contributed by atoms with Crippen LogP contribution in [-0.2, 0) is 14.1 Å². The number of nitrogens with zero attached hydrogens (tertiary/aromatic N) is 8. The molecular weight excluding hydrogens is 1340 g/mol. The van der Waals surface area contributed by atoms with Crippen molar-refractivity contribution in [2.24, 2.45) is 14.1 Å². The van der Waals surface area contributed by atoms with Gasteiger partial charge in [-0.3, -0.25) is 0 Å². The van der Waals surface area contributed by atoms with Crippen molar-refractivity contribution in [2.75, 3.05) is 40.7 Å². The Morgan fingerprint density at radius 2 is 0.691 bits per heavy atom. The SMILES string of the molecule is CC.CC.CC.CC.CC.CC.CC.CC.CC.CC.CC.Cc1cccc2c1N1C(=CN(C)[C@@H]1C)c1ccccc1-2.Cc1ccccc1-c1cc2ccccc2c[n+]1C.Cc1ccccc1-c1ccc2ccccc2[n+]1C.Cc1ccccc1N1C=CN(C)[C@@H]1C.Cc1ccccc1N1c2ccccc2N(C)[C@@H]1C. The van der Waals surface area contributed by atoms with Crippen LogP contribution >= 0.6 is 0 Å². The smallest absolute Gasteiger partial charge is 0.213 e. The van der Waals surface area contributed by atoms with Crippen LogP contribution in [0.15, 0.2) is 255 Å². The fourth-order valence-corrected chi connectivity index (χ4v) is 12.7. The summed E-state index contributed by atoms with van der Waals surface area (Å²) in [5.41, 5.74) is 24.8. The van der Waals surface area contributed by atoms with Gasteiger partial charge in [0.05, 0.1) is 22.8 Å². The molecule has 0 radical (unpaired) electrons. The summed E-state index contributed by atoms with van der Waals surface area (Å²) in [7, 11) is 10.6. The van der Waals surface area contributed by atoms with Gasteiger partial charge in [-0.2, -0.15) is 4.57 Å². The van der Waals surface area contributed by atoms with E-state index in [9.17, 15) is 0 Å². The van der Waals surface area contributed by atoms with Crippen molar-refractivity contribution >= 4 is 55.8 Å². The Hall–Kier alpha value is -9.92. The van der Waals surface area contributed by atoms with Crippen LogP contribution in [0.4, 0.5) is 28.4 Å². The first-order chi connectivity index (χ1) is 53.6. The molecule has 0 saturated heterocycles. The zero-order valence-electron chi connectivity index (χ0n) is 75.6. The van der Waals surface area contributed by atoms with Gasteiger partial charge in [0.15, 0.2) is 6.20 Å². The summed E-state index contributed by atoms with van der Waals surface area (Å²) in [5.74, 6) is 0. The third-order valence-electron chi connectivity index (χ3n) is 18.1. The Kier molecular flexibility index (Phi) is 50.5. The molecule has 0 aliphatic carbocycles. The van der Waals surface area contributed by atoms with Crippen molar-refractivity contribution in [1.82, 2.24) is 9.80 Å². The van der Waals surface area contributed by atoms with Gasteiger partial charge in [0.1, 0.15) is 32.6 Å². The van der Waals surface area contributed by atoms with E-state index in [1.807, 2.05) is 152 Å². The standard InChI is InChI=1S/C18H18N2.2C17H16N.C16H18N2.C12H16N2.11C2H6/c1-12-7-6-10-16-14-8-4-5-9-15(14)17-11-19(3)13(2)20(17)18(12)16;1-13-7-3-6-10-16(13)17-11-14-8-4-5-9-15(14)12-18(17)2;1-13-7-3-5-9-15(13)17-12-11-14-8-4-6-10-16(14)18(17)2;1-12-8-4-5-9-14(12)18-13(2)17(3)15-10-6-7-11-16(15)18;1-10-6-4-5-7-12(10)14-9-8-13(3)11(14)2;11*1-2/h4-11,13H,1-3H3;2*3-12H,1-2H3;4-11,13H,1-3H3;4-9,11H,1-3H3;11*1-2H3/q;2*+1;;;;;;;;;;;;;/t13-;;;13-;11-;;;;;;;;;;;/m0..00.........../s1. The average Bonchev–Trinajstić information content (AvgIpc) is 1.53. The third kappa shape index (κ3) is 25.6. The lowest BCUT2D eigenvalue weighted by atomic mass is 9.90. The van der Waals surface area contributed by atoms with Crippen molar-refractivity contribution in [3.8, 4) is 33.6 Å². The van der Waals surface area contributed by atoms with E-state index in [4.69, 9.17) is 0 Å². The third-order valence-corrected chi connectivity index (χ3v) is 18.1. The maximum atomic E-state index is 2.47. The quantitative estimate of drug-likeness (QED) is 0.163. The highest BCUT2D eigenvalue weighted by atomic mass is 15.4. The average molecular weight is 1490 g/mol. The van der Waals surface area contributed by atoms with Crippen LogP contribution < -0.4 is 28.7 Å². The Balaban J connectivity index is 0.00000127. The summed E-state index contributed by atoms with van der Waals surface area (Å²) in [4.78, 5) is 14.0. The molecule has 110 heavy (non-hydrogen) atoms. The molecule has 6 heterocycles. The normalized spacial score (nSPS) is 13.2. The lowest BCUT2D eigenvalue weighted by Gasteiger charge is -2.36.